The zero-order valence-electron chi connectivity index (χ0n) is 19.1. The van der Waals surface area contributed by atoms with Gasteiger partial charge in [-0.2, -0.15) is 0 Å². The minimum absolute atomic E-state index is 0.0914. The van der Waals surface area contributed by atoms with Gasteiger partial charge in [-0.1, -0.05) is 0 Å². The molecule has 0 spiro atoms. The largest absolute Gasteiger partial charge is 0.453 e. The summed E-state index contributed by atoms with van der Waals surface area (Å²) in [6, 6.07) is 6.90. The van der Waals surface area contributed by atoms with E-state index in [0.717, 1.165) is 34.2 Å². The Morgan fingerprint density at radius 3 is 2.56 bits per heavy atom. The van der Waals surface area contributed by atoms with Gasteiger partial charge in [0, 0.05) is 55.9 Å². The first-order valence-corrected chi connectivity index (χ1v) is 11.6. The first kappa shape index (κ1) is 23.8. The van der Waals surface area contributed by atoms with Crippen LogP contribution >= 0.6 is 11.3 Å². The summed E-state index contributed by atoms with van der Waals surface area (Å²) in [5, 5.41) is 10.8. The lowest BCUT2D eigenvalue weighted by Crippen LogP contribution is -2.49. The Hall–Kier alpha value is -3.31. The van der Waals surface area contributed by atoms with Gasteiger partial charge in [0.25, 0.3) is 5.69 Å². The minimum Gasteiger partial charge on any atom is -0.453 e. The fourth-order valence-electron chi connectivity index (χ4n) is 3.56. The molecule has 0 unspecified atom stereocenters. The minimum atomic E-state index is -0.807. The molecule has 1 aliphatic heterocycles. The summed E-state index contributed by atoms with van der Waals surface area (Å²) in [5.41, 5.74) is -0.128. The predicted octanol–water partition coefficient (Wildman–Crippen LogP) is 5.19. The first-order valence-electron chi connectivity index (χ1n) is 10.8. The van der Waals surface area contributed by atoms with E-state index < -0.39 is 16.3 Å². The maximum absolute atomic E-state index is 14.3. The number of nitro benzene ring substituents is 1. The number of fused-ring (bicyclic) bond motifs is 1. The maximum atomic E-state index is 14.3. The number of rotatable bonds is 5. The maximum Gasteiger partial charge on any atom is 0.410 e. The molecule has 0 N–H and O–H groups in total. The highest BCUT2D eigenvalue weighted by Gasteiger charge is 2.26. The van der Waals surface area contributed by atoms with Crippen molar-refractivity contribution >= 4 is 33.3 Å². The molecule has 1 aromatic carbocycles. The van der Waals surface area contributed by atoms with Crippen molar-refractivity contribution in [1.82, 2.24) is 14.8 Å². The van der Waals surface area contributed by atoms with E-state index in [1.807, 2.05) is 26.8 Å². The van der Waals surface area contributed by atoms with Crippen LogP contribution in [0, 0.1) is 15.9 Å². The molecule has 9 nitrogen and oxygen atoms in total. The van der Waals surface area contributed by atoms with Crippen LogP contribution in [-0.4, -0.2) is 57.6 Å². The van der Waals surface area contributed by atoms with Gasteiger partial charge in [0.2, 0.25) is 0 Å². The number of hydrogen-bond donors (Lipinski definition) is 0. The Labute approximate surface area is 199 Å². The van der Waals surface area contributed by atoms with Gasteiger partial charge < -0.3 is 14.4 Å². The normalized spacial score (nSPS) is 14.9. The summed E-state index contributed by atoms with van der Waals surface area (Å²) in [4.78, 5) is 31.9. The average molecular weight is 489 g/mol. The van der Waals surface area contributed by atoms with Gasteiger partial charge in [-0.15, -0.1) is 11.3 Å². The number of amides is 1. The molecule has 0 aliphatic carbocycles. The number of hydrogen-bond acceptors (Lipinski definition) is 8. The number of pyridine rings is 1. The molecule has 1 amide bonds. The van der Waals surface area contributed by atoms with Gasteiger partial charge in [0.05, 0.1) is 21.2 Å². The van der Waals surface area contributed by atoms with Crippen LogP contribution in [0.1, 0.15) is 25.6 Å². The molecule has 1 saturated heterocycles. The number of nitro groups is 1. The molecular weight excluding hydrogens is 463 g/mol. The highest BCUT2D eigenvalue weighted by Crippen LogP contribution is 2.36. The fourth-order valence-corrected chi connectivity index (χ4v) is 4.67. The van der Waals surface area contributed by atoms with Gasteiger partial charge in [0.15, 0.2) is 11.6 Å². The molecule has 0 atom stereocenters. The number of carbonyl (C=O) groups is 1. The van der Waals surface area contributed by atoms with Crippen molar-refractivity contribution in [3.8, 4) is 11.5 Å². The Bertz CT molecular complexity index is 1220. The van der Waals surface area contributed by atoms with Crippen LogP contribution in [0.3, 0.4) is 0 Å². The number of piperazine rings is 1. The van der Waals surface area contributed by atoms with Gasteiger partial charge in [0.1, 0.15) is 11.4 Å². The highest BCUT2D eigenvalue weighted by molar-refractivity contribution is 7.19. The average Bonchev–Trinajstić information content (AvgIpc) is 3.17. The van der Waals surface area contributed by atoms with Crippen molar-refractivity contribution in [2.75, 3.05) is 26.2 Å². The van der Waals surface area contributed by atoms with Crippen molar-refractivity contribution in [3.05, 3.63) is 57.3 Å². The quantitative estimate of drug-likeness (QED) is 0.360. The highest BCUT2D eigenvalue weighted by atomic mass is 32.1. The number of carbonyl (C=O) groups excluding carboxylic acids is 1. The van der Waals surface area contributed by atoms with Gasteiger partial charge >= 0.3 is 6.09 Å². The molecule has 1 fully saturated rings. The molecule has 0 bridgehead atoms. The molecular formula is C23H25FN4O5S. The smallest absolute Gasteiger partial charge is 0.410 e. The number of halogens is 1. The second-order valence-electron chi connectivity index (χ2n) is 8.95. The summed E-state index contributed by atoms with van der Waals surface area (Å²) >= 11 is 1.50. The Morgan fingerprint density at radius 2 is 1.91 bits per heavy atom. The van der Waals surface area contributed by atoms with Crippen LogP contribution in [0.15, 0.2) is 36.5 Å². The van der Waals surface area contributed by atoms with E-state index in [-0.39, 0.29) is 17.5 Å². The summed E-state index contributed by atoms with van der Waals surface area (Å²) in [7, 11) is 0. The third-order valence-electron chi connectivity index (χ3n) is 5.18. The second kappa shape index (κ2) is 9.51. The first-order chi connectivity index (χ1) is 16.1. The summed E-state index contributed by atoms with van der Waals surface area (Å²) in [5.74, 6) is -0.464. The summed E-state index contributed by atoms with van der Waals surface area (Å²) in [6.07, 6.45) is 1.29. The number of benzene rings is 1. The molecule has 3 aromatic rings. The predicted molar refractivity (Wildman–Crippen MR) is 126 cm³/mol. The van der Waals surface area contributed by atoms with E-state index in [4.69, 9.17) is 9.47 Å². The van der Waals surface area contributed by atoms with Crippen molar-refractivity contribution in [3.63, 3.8) is 0 Å². The Balaban J connectivity index is 1.43. The van der Waals surface area contributed by atoms with E-state index in [9.17, 15) is 19.3 Å². The van der Waals surface area contributed by atoms with Crippen molar-refractivity contribution in [2.24, 2.45) is 0 Å². The molecule has 3 heterocycles. The van der Waals surface area contributed by atoms with Crippen molar-refractivity contribution in [2.45, 2.75) is 32.9 Å². The van der Waals surface area contributed by atoms with E-state index in [2.05, 4.69) is 9.88 Å². The van der Waals surface area contributed by atoms with E-state index in [0.29, 0.717) is 25.4 Å². The molecule has 0 radical (unpaired) electrons. The van der Waals surface area contributed by atoms with Crippen LogP contribution in [0.5, 0.6) is 11.5 Å². The zero-order chi connectivity index (χ0) is 24.5. The lowest BCUT2D eigenvalue weighted by molar-refractivity contribution is -0.385. The molecule has 0 saturated carbocycles. The van der Waals surface area contributed by atoms with Crippen molar-refractivity contribution < 1.29 is 23.6 Å². The Kier molecular flexibility index (Phi) is 6.67. The summed E-state index contributed by atoms with van der Waals surface area (Å²) < 4.78 is 26.3. The zero-order valence-corrected chi connectivity index (χ0v) is 19.9. The Morgan fingerprint density at radius 1 is 1.18 bits per heavy atom. The number of aromatic nitrogens is 1. The van der Waals surface area contributed by atoms with Crippen LogP contribution in [0.2, 0.25) is 0 Å². The van der Waals surface area contributed by atoms with Crippen LogP contribution < -0.4 is 4.74 Å². The summed E-state index contributed by atoms with van der Waals surface area (Å²) in [6.45, 7) is 8.86. The van der Waals surface area contributed by atoms with Gasteiger partial charge in [-0.25, -0.2) is 9.18 Å². The molecule has 1 aliphatic rings. The lowest BCUT2D eigenvalue weighted by atomic mass is 10.2. The fraction of sp³-hybridized carbons (Fsp3) is 0.391. The van der Waals surface area contributed by atoms with Crippen LogP contribution in [0.4, 0.5) is 14.9 Å². The molecule has 180 valence electrons. The van der Waals surface area contributed by atoms with Crippen LogP contribution in [-0.2, 0) is 11.3 Å². The van der Waals surface area contributed by atoms with E-state index in [1.54, 1.807) is 17.2 Å². The molecule has 11 heteroatoms. The third-order valence-corrected chi connectivity index (χ3v) is 6.30. The third kappa shape index (κ3) is 5.60. The molecule has 34 heavy (non-hydrogen) atoms. The number of non-ortho nitro benzene ring substituents is 1. The number of ether oxygens (including phenoxy) is 2. The topological polar surface area (TPSA) is 98.0 Å². The van der Waals surface area contributed by atoms with E-state index in [1.165, 1.54) is 23.5 Å². The molecule has 2 aromatic heterocycles. The van der Waals surface area contributed by atoms with Crippen molar-refractivity contribution in [1.29, 1.82) is 0 Å². The van der Waals surface area contributed by atoms with Crippen LogP contribution in [0.25, 0.3) is 10.2 Å². The molecule has 4 rings (SSSR count). The number of thiophene rings is 1. The standard InChI is InChI=1S/C23H25FN4O5S/c1-23(2,3)33-22(29)27-10-8-26(9-11-27)14-16-13-18-21(34-16)20(6-7-25-18)32-19-5-4-15(28(30)31)12-17(19)24/h4-7,12-13H,8-11,14H2,1-3H3. The SMILES string of the molecule is CC(C)(C)OC(=O)N1CCN(Cc2cc3nccc(Oc4ccc([N+](=O)[O-])cc4F)c3s2)CC1. The second-order valence-corrected chi connectivity index (χ2v) is 10.1. The van der Waals surface area contributed by atoms with Gasteiger partial charge in [-0.3, -0.25) is 20.0 Å². The lowest BCUT2D eigenvalue weighted by Gasteiger charge is -2.35. The van der Waals surface area contributed by atoms with E-state index >= 15 is 0 Å². The van der Waals surface area contributed by atoms with Gasteiger partial charge in [-0.05, 0) is 32.9 Å². The monoisotopic (exact) mass is 488 g/mol. The number of nitrogens with zero attached hydrogens (tertiary/aromatic N) is 4.